The maximum atomic E-state index is 12.2. The minimum Gasteiger partial charge on any atom is -0.493 e. The summed E-state index contributed by atoms with van der Waals surface area (Å²) in [4.78, 5) is 14.6. The Labute approximate surface area is 154 Å². The van der Waals surface area contributed by atoms with Gasteiger partial charge < -0.3 is 19.7 Å². The van der Waals surface area contributed by atoms with Crippen molar-refractivity contribution in [2.24, 2.45) is 0 Å². The molecule has 3 rings (SSSR count). The van der Waals surface area contributed by atoms with E-state index in [-0.39, 0.29) is 5.91 Å². The van der Waals surface area contributed by atoms with Crippen molar-refractivity contribution < 1.29 is 14.3 Å². The molecule has 5 nitrogen and oxygen atoms in total. The molecule has 2 aromatic rings. The molecular weight excluding hydrogens is 328 g/mol. The number of benzene rings is 2. The van der Waals surface area contributed by atoms with E-state index in [1.165, 1.54) is 18.5 Å². The predicted octanol–water partition coefficient (Wildman–Crippen LogP) is 3.88. The summed E-state index contributed by atoms with van der Waals surface area (Å²) < 4.78 is 10.5. The molecule has 1 amide bonds. The lowest BCUT2D eigenvalue weighted by molar-refractivity contribution is -0.116. The molecule has 138 valence electrons. The number of anilines is 2. The summed E-state index contributed by atoms with van der Waals surface area (Å²) in [6.45, 7) is 2.24. The van der Waals surface area contributed by atoms with Gasteiger partial charge in [0.25, 0.3) is 0 Å². The Morgan fingerprint density at radius 2 is 1.69 bits per heavy atom. The van der Waals surface area contributed by atoms with E-state index in [4.69, 9.17) is 9.47 Å². The van der Waals surface area contributed by atoms with Crippen molar-refractivity contribution >= 4 is 17.3 Å². The van der Waals surface area contributed by atoms with E-state index in [1.807, 2.05) is 30.3 Å². The molecular formula is C21H26N2O3. The van der Waals surface area contributed by atoms with Crippen molar-refractivity contribution in [1.82, 2.24) is 0 Å². The van der Waals surface area contributed by atoms with Crippen LogP contribution in [0, 0.1) is 0 Å². The smallest absolute Gasteiger partial charge is 0.224 e. The van der Waals surface area contributed by atoms with Crippen LogP contribution in [0.4, 0.5) is 11.4 Å². The average Bonchev–Trinajstić information content (AvgIpc) is 3.21. The lowest BCUT2D eigenvalue weighted by Gasteiger charge is -2.17. The molecule has 1 fully saturated rings. The van der Waals surface area contributed by atoms with Gasteiger partial charge in [-0.15, -0.1) is 0 Å². The van der Waals surface area contributed by atoms with Crippen LogP contribution in [0.2, 0.25) is 0 Å². The highest BCUT2D eigenvalue weighted by Crippen LogP contribution is 2.28. The van der Waals surface area contributed by atoms with Crippen LogP contribution in [0.15, 0.2) is 42.5 Å². The van der Waals surface area contributed by atoms with E-state index in [0.29, 0.717) is 24.3 Å². The molecule has 1 aliphatic rings. The molecule has 0 spiro atoms. The SMILES string of the molecule is COc1ccc(CCC(=O)Nc2ccc(N3CCCC3)cc2)cc1OC. The van der Waals surface area contributed by atoms with Crippen molar-refractivity contribution in [3.05, 3.63) is 48.0 Å². The second-order valence-electron chi connectivity index (χ2n) is 6.48. The average molecular weight is 354 g/mol. The van der Waals surface area contributed by atoms with Crippen LogP contribution < -0.4 is 19.7 Å². The molecule has 0 radical (unpaired) electrons. The first kappa shape index (κ1) is 18.1. The van der Waals surface area contributed by atoms with Crippen LogP contribution in [0.3, 0.4) is 0 Å². The van der Waals surface area contributed by atoms with Crippen LogP contribution in [0.5, 0.6) is 11.5 Å². The van der Waals surface area contributed by atoms with E-state index in [2.05, 4.69) is 22.3 Å². The number of rotatable bonds is 7. The zero-order valence-corrected chi connectivity index (χ0v) is 15.5. The second-order valence-corrected chi connectivity index (χ2v) is 6.48. The Morgan fingerprint density at radius 3 is 2.35 bits per heavy atom. The number of nitrogens with one attached hydrogen (secondary N) is 1. The highest BCUT2D eigenvalue weighted by molar-refractivity contribution is 5.91. The molecule has 1 aliphatic heterocycles. The molecule has 2 aromatic carbocycles. The number of carbonyl (C=O) groups excluding carboxylic acids is 1. The Morgan fingerprint density at radius 1 is 1.00 bits per heavy atom. The Kier molecular flexibility index (Phi) is 6.00. The zero-order valence-electron chi connectivity index (χ0n) is 15.5. The molecule has 5 heteroatoms. The maximum Gasteiger partial charge on any atom is 0.224 e. The molecule has 1 heterocycles. The van der Waals surface area contributed by atoms with Crippen LogP contribution in [-0.4, -0.2) is 33.2 Å². The topological polar surface area (TPSA) is 50.8 Å². The van der Waals surface area contributed by atoms with Gasteiger partial charge in [-0.3, -0.25) is 4.79 Å². The van der Waals surface area contributed by atoms with Crippen molar-refractivity contribution in [1.29, 1.82) is 0 Å². The van der Waals surface area contributed by atoms with Crippen molar-refractivity contribution in [2.45, 2.75) is 25.7 Å². The molecule has 1 N–H and O–H groups in total. The minimum atomic E-state index is 0.00806. The number of aryl methyl sites for hydroxylation is 1. The standard InChI is InChI=1S/C21H26N2O3/c1-25-19-11-5-16(15-20(19)26-2)6-12-21(24)22-17-7-9-18(10-8-17)23-13-3-4-14-23/h5,7-11,15H,3-4,6,12-14H2,1-2H3,(H,22,24). The second kappa shape index (κ2) is 8.61. The van der Waals surface area contributed by atoms with Gasteiger partial charge in [0, 0.05) is 30.9 Å². The van der Waals surface area contributed by atoms with Crippen LogP contribution in [0.25, 0.3) is 0 Å². The first-order valence-corrected chi connectivity index (χ1v) is 9.05. The number of hydrogen-bond donors (Lipinski definition) is 1. The number of methoxy groups -OCH3 is 2. The summed E-state index contributed by atoms with van der Waals surface area (Å²) in [6.07, 6.45) is 3.59. The van der Waals surface area contributed by atoms with Crippen LogP contribution in [0.1, 0.15) is 24.8 Å². The van der Waals surface area contributed by atoms with Gasteiger partial charge in [0.05, 0.1) is 14.2 Å². The first-order valence-electron chi connectivity index (χ1n) is 9.05. The number of amides is 1. The van der Waals surface area contributed by atoms with Crippen molar-refractivity contribution in [3.8, 4) is 11.5 Å². The zero-order chi connectivity index (χ0) is 18.4. The third kappa shape index (κ3) is 4.48. The van der Waals surface area contributed by atoms with Gasteiger partial charge in [-0.25, -0.2) is 0 Å². The van der Waals surface area contributed by atoms with Crippen LogP contribution in [-0.2, 0) is 11.2 Å². The van der Waals surface area contributed by atoms with Crippen molar-refractivity contribution in [3.63, 3.8) is 0 Å². The largest absolute Gasteiger partial charge is 0.493 e. The van der Waals surface area contributed by atoms with E-state index in [1.54, 1.807) is 14.2 Å². The van der Waals surface area contributed by atoms with Gasteiger partial charge in [0.15, 0.2) is 11.5 Å². The molecule has 0 aliphatic carbocycles. The minimum absolute atomic E-state index is 0.00806. The fourth-order valence-electron chi connectivity index (χ4n) is 3.25. The molecule has 0 unspecified atom stereocenters. The summed E-state index contributed by atoms with van der Waals surface area (Å²) in [6, 6.07) is 13.8. The van der Waals surface area contributed by atoms with Gasteiger partial charge in [-0.1, -0.05) is 6.07 Å². The lowest BCUT2D eigenvalue weighted by atomic mass is 10.1. The van der Waals surface area contributed by atoms with E-state index in [9.17, 15) is 4.79 Å². The van der Waals surface area contributed by atoms with E-state index < -0.39 is 0 Å². The number of carbonyl (C=O) groups is 1. The Balaban J connectivity index is 1.52. The fraction of sp³-hybridized carbons (Fsp3) is 0.381. The summed E-state index contributed by atoms with van der Waals surface area (Å²) in [5.74, 6) is 1.38. The monoisotopic (exact) mass is 354 g/mol. The summed E-state index contributed by atoms with van der Waals surface area (Å²) in [5.41, 5.74) is 3.11. The van der Waals surface area contributed by atoms with E-state index in [0.717, 1.165) is 24.3 Å². The third-order valence-corrected chi connectivity index (χ3v) is 4.71. The van der Waals surface area contributed by atoms with Gasteiger partial charge >= 0.3 is 0 Å². The summed E-state index contributed by atoms with van der Waals surface area (Å²) >= 11 is 0. The van der Waals surface area contributed by atoms with Gasteiger partial charge in [0.1, 0.15) is 0 Å². The summed E-state index contributed by atoms with van der Waals surface area (Å²) in [7, 11) is 3.22. The van der Waals surface area contributed by atoms with Crippen LogP contribution >= 0.6 is 0 Å². The summed E-state index contributed by atoms with van der Waals surface area (Å²) in [5, 5.41) is 2.97. The molecule has 0 aromatic heterocycles. The maximum absolute atomic E-state index is 12.2. The Bertz CT molecular complexity index is 737. The molecule has 26 heavy (non-hydrogen) atoms. The van der Waals surface area contributed by atoms with Crippen molar-refractivity contribution in [2.75, 3.05) is 37.5 Å². The van der Waals surface area contributed by atoms with Gasteiger partial charge in [-0.05, 0) is 61.2 Å². The van der Waals surface area contributed by atoms with Gasteiger partial charge in [-0.2, -0.15) is 0 Å². The first-order chi connectivity index (χ1) is 12.7. The highest BCUT2D eigenvalue weighted by atomic mass is 16.5. The Hall–Kier alpha value is -2.69. The molecule has 0 bridgehead atoms. The molecule has 0 saturated carbocycles. The number of hydrogen-bond acceptors (Lipinski definition) is 4. The highest BCUT2D eigenvalue weighted by Gasteiger charge is 2.12. The normalized spacial score (nSPS) is 13.5. The lowest BCUT2D eigenvalue weighted by Crippen LogP contribution is -2.17. The third-order valence-electron chi connectivity index (χ3n) is 4.71. The van der Waals surface area contributed by atoms with E-state index >= 15 is 0 Å². The molecule has 0 atom stereocenters. The van der Waals surface area contributed by atoms with Gasteiger partial charge in [0.2, 0.25) is 5.91 Å². The molecule has 1 saturated heterocycles. The number of nitrogens with zero attached hydrogens (tertiary/aromatic N) is 1. The fourth-order valence-corrected chi connectivity index (χ4v) is 3.25. The number of ether oxygens (including phenoxy) is 2. The predicted molar refractivity (Wildman–Crippen MR) is 104 cm³/mol. The quantitative estimate of drug-likeness (QED) is 0.820.